The molecule has 140 valence electrons. The van der Waals surface area contributed by atoms with Gasteiger partial charge in [0.25, 0.3) is 0 Å². The molecule has 26 heavy (non-hydrogen) atoms. The normalized spacial score (nSPS) is 29.1. The van der Waals surface area contributed by atoms with Gasteiger partial charge in [-0.15, -0.1) is 0 Å². The lowest BCUT2D eigenvalue weighted by Crippen LogP contribution is -2.43. The Kier molecular flexibility index (Phi) is 5.81. The van der Waals surface area contributed by atoms with Crippen molar-refractivity contribution in [2.75, 3.05) is 18.8 Å². The van der Waals surface area contributed by atoms with E-state index in [4.69, 9.17) is 21.6 Å². The van der Waals surface area contributed by atoms with Crippen LogP contribution in [-0.2, 0) is 4.79 Å². The summed E-state index contributed by atoms with van der Waals surface area (Å²) in [6, 6.07) is 0.385. The second kappa shape index (κ2) is 8.28. The number of rotatable bonds is 4. The van der Waals surface area contributed by atoms with Crippen molar-refractivity contribution in [3.05, 3.63) is 22.9 Å². The number of hydrogen-bond donors (Lipinski definition) is 2. The Balaban J connectivity index is 1.48. The summed E-state index contributed by atoms with van der Waals surface area (Å²) in [7, 11) is 0. The van der Waals surface area contributed by atoms with Gasteiger partial charge in [-0.1, -0.05) is 24.4 Å². The molecule has 0 aromatic rings. The van der Waals surface area contributed by atoms with E-state index in [9.17, 15) is 4.79 Å². The van der Waals surface area contributed by atoms with Gasteiger partial charge in [-0.3, -0.25) is 9.79 Å². The van der Waals surface area contributed by atoms with Crippen LogP contribution >= 0.6 is 23.4 Å². The van der Waals surface area contributed by atoms with E-state index in [0.29, 0.717) is 16.3 Å². The largest absolute Gasteiger partial charge is 0.317 e. The summed E-state index contributed by atoms with van der Waals surface area (Å²) in [5, 5.41) is 7.48. The van der Waals surface area contributed by atoms with Crippen molar-refractivity contribution in [3.8, 4) is 0 Å². The van der Waals surface area contributed by atoms with E-state index < -0.39 is 5.92 Å². The Labute approximate surface area is 163 Å². The Bertz CT molecular complexity index is 688. The zero-order valence-electron chi connectivity index (χ0n) is 14.8. The molecule has 0 spiro atoms. The summed E-state index contributed by atoms with van der Waals surface area (Å²) in [6.07, 6.45) is 10.9. The molecule has 0 bridgehead atoms. The molecule has 0 aromatic carbocycles. The van der Waals surface area contributed by atoms with Crippen LogP contribution in [0.2, 0.25) is 0 Å². The first-order chi connectivity index (χ1) is 12.7. The van der Waals surface area contributed by atoms with Crippen LogP contribution in [0.25, 0.3) is 0 Å². The van der Waals surface area contributed by atoms with Gasteiger partial charge < -0.3 is 10.6 Å². The molecule has 2 fully saturated rings. The number of nitrogens with one attached hydrogen (secondary N) is 2. The topological polar surface area (TPSA) is 65.8 Å². The molecule has 1 saturated carbocycles. The molecule has 4 rings (SSSR count). The Morgan fingerprint density at radius 1 is 1.19 bits per heavy atom. The molecule has 1 atom stereocenters. The highest BCUT2D eigenvalue weighted by atomic mass is 35.5. The number of hydrogen-bond acceptors (Lipinski definition) is 5. The van der Waals surface area contributed by atoms with E-state index >= 15 is 0 Å². The Morgan fingerprint density at radius 3 is 2.73 bits per heavy atom. The van der Waals surface area contributed by atoms with Crippen molar-refractivity contribution < 1.29 is 4.79 Å². The number of carbonyl (C=O) groups is 1. The van der Waals surface area contributed by atoms with E-state index in [-0.39, 0.29) is 5.91 Å². The minimum absolute atomic E-state index is 0.0756. The lowest BCUT2D eigenvalue weighted by atomic mass is 9.95. The van der Waals surface area contributed by atoms with Crippen molar-refractivity contribution in [2.24, 2.45) is 15.9 Å². The Morgan fingerprint density at radius 2 is 1.96 bits per heavy atom. The molecular formula is C19H25ClN4OS. The van der Waals surface area contributed by atoms with Crippen molar-refractivity contribution in [3.63, 3.8) is 0 Å². The molecule has 1 saturated heterocycles. The summed E-state index contributed by atoms with van der Waals surface area (Å²) in [5.74, 6) is 0.921. The van der Waals surface area contributed by atoms with Crippen LogP contribution in [0.4, 0.5) is 0 Å². The number of thioether (sulfide) groups is 1. The van der Waals surface area contributed by atoms with Gasteiger partial charge in [0.15, 0.2) is 0 Å². The number of carbonyl (C=O) groups excluding carboxylic acids is 1. The number of amidine groups is 1. The number of fused-ring (bicyclic) bond motifs is 1. The van der Waals surface area contributed by atoms with Crippen molar-refractivity contribution in [1.82, 2.24) is 10.6 Å². The number of halogens is 1. The molecule has 2 aliphatic carbocycles. The van der Waals surface area contributed by atoms with Crippen LogP contribution in [0.5, 0.6) is 0 Å². The van der Waals surface area contributed by atoms with Crippen LogP contribution in [-0.4, -0.2) is 47.6 Å². The molecular weight excluding hydrogens is 368 g/mol. The van der Waals surface area contributed by atoms with E-state index in [1.54, 1.807) is 0 Å². The maximum absolute atomic E-state index is 12.5. The highest BCUT2D eigenvalue weighted by Crippen LogP contribution is 2.33. The van der Waals surface area contributed by atoms with Gasteiger partial charge in [0.05, 0.1) is 23.2 Å². The Hall–Kier alpha value is -1.11. The first kappa shape index (κ1) is 18.3. The number of amides is 1. The van der Waals surface area contributed by atoms with Crippen LogP contribution in [0.3, 0.4) is 0 Å². The summed E-state index contributed by atoms with van der Waals surface area (Å²) in [4.78, 5) is 22.1. The summed E-state index contributed by atoms with van der Waals surface area (Å²) in [6.45, 7) is 2.15. The van der Waals surface area contributed by atoms with Crippen LogP contribution in [0.15, 0.2) is 32.9 Å². The van der Waals surface area contributed by atoms with Gasteiger partial charge in [0.2, 0.25) is 5.91 Å². The predicted molar refractivity (Wildman–Crippen MR) is 109 cm³/mol. The third-order valence-electron chi connectivity index (χ3n) is 5.35. The molecule has 2 aliphatic heterocycles. The van der Waals surface area contributed by atoms with Crippen molar-refractivity contribution in [2.45, 2.75) is 49.8 Å². The lowest BCUT2D eigenvalue weighted by molar-refractivity contribution is -0.121. The van der Waals surface area contributed by atoms with Gasteiger partial charge in [0, 0.05) is 10.3 Å². The standard InChI is InChI=1S/C19H25ClN4OS/c20-15-9-13(22-12-3-1-2-4-12)10-16-18(15)19(25)24-17(23-16)11-26-14-5-7-21-8-6-14/h9-10,12,14,18,21H,1-8,11H2,(H,23,24,25). The van der Waals surface area contributed by atoms with Crippen LogP contribution < -0.4 is 10.6 Å². The maximum Gasteiger partial charge on any atom is 0.239 e. The highest BCUT2D eigenvalue weighted by molar-refractivity contribution is 8.00. The monoisotopic (exact) mass is 392 g/mol. The van der Waals surface area contributed by atoms with Crippen LogP contribution in [0.1, 0.15) is 38.5 Å². The van der Waals surface area contributed by atoms with Crippen LogP contribution in [0, 0.1) is 5.92 Å². The minimum atomic E-state index is -0.480. The number of allylic oxidation sites excluding steroid dienone is 2. The molecule has 2 heterocycles. The number of nitrogens with zero attached hydrogens (tertiary/aromatic N) is 2. The fourth-order valence-corrected chi connectivity index (χ4v) is 5.36. The maximum atomic E-state index is 12.5. The third-order valence-corrected chi connectivity index (χ3v) is 7.06. The summed E-state index contributed by atoms with van der Waals surface area (Å²) < 4.78 is 0. The first-order valence-corrected chi connectivity index (χ1v) is 11.0. The van der Waals surface area contributed by atoms with Crippen molar-refractivity contribution in [1.29, 1.82) is 0 Å². The molecule has 7 heteroatoms. The quantitative estimate of drug-likeness (QED) is 0.772. The second-order valence-corrected chi connectivity index (χ2v) is 9.06. The second-order valence-electron chi connectivity index (χ2n) is 7.33. The number of piperidine rings is 1. The smallest absolute Gasteiger partial charge is 0.239 e. The fourth-order valence-electron chi connectivity index (χ4n) is 3.94. The fraction of sp³-hybridized carbons (Fsp3) is 0.632. The predicted octanol–water partition coefficient (Wildman–Crippen LogP) is 3.02. The highest BCUT2D eigenvalue weighted by Gasteiger charge is 2.34. The molecule has 1 unspecified atom stereocenters. The minimum Gasteiger partial charge on any atom is -0.317 e. The SMILES string of the molecule is O=C1NC(CSC2CCNCC2)=NC2=CC(=NC3CCCC3)C=C(Cl)C12. The summed E-state index contributed by atoms with van der Waals surface area (Å²) >= 11 is 8.29. The molecule has 4 aliphatic rings. The molecule has 1 amide bonds. The van der Waals surface area contributed by atoms with E-state index in [2.05, 4.69) is 10.6 Å². The zero-order chi connectivity index (χ0) is 17.9. The molecule has 0 aromatic heterocycles. The van der Waals surface area contributed by atoms with Gasteiger partial charge in [0.1, 0.15) is 11.8 Å². The number of aliphatic imine (C=N–C) groups is 2. The zero-order valence-corrected chi connectivity index (χ0v) is 16.4. The molecule has 0 radical (unpaired) electrons. The molecule has 5 nitrogen and oxygen atoms in total. The van der Waals surface area contributed by atoms with E-state index in [0.717, 1.165) is 48.9 Å². The van der Waals surface area contributed by atoms with Gasteiger partial charge >= 0.3 is 0 Å². The van der Waals surface area contributed by atoms with E-state index in [1.165, 1.54) is 25.7 Å². The lowest BCUT2D eigenvalue weighted by Gasteiger charge is -2.27. The third kappa shape index (κ3) is 4.24. The summed E-state index contributed by atoms with van der Waals surface area (Å²) in [5.41, 5.74) is 1.59. The van der Waals surface area contributed by atoms with Gasteiger partial charge in [-0.2, -0.15) is 11.8 Å². The van der Waals surface area contributed by atoms with Gasteiger partial charge in [-0.05, 0) is 50.9 Å². The van der Waals surface area contributed by atoms with Crippen molar-refractivity contribution >= 4 is 40.8 Å². The molecule has 2 N–H and O–H groups in total. The average Bonchev–Trinajstić information content (AvgIpc) is 3.13. The average molecular weight is 393 g/mol. The van der Waals surface area contributed by atoms with E-state index in [1.807, 2.05) is 23.9 Å². The first-order valence-electron chi connectivity index (χ1n) is 9.56. The van der Waals surface area contributed by atoms with Gasteiger partial charge in [-0.25, -0.2) is 4.99 Å².